The van der Waals surface area contributed by atoms with Crippen LogP contribution in [0.1, 0.15) is 59.9 Å². The third kappa shape index (κ3) is 8.00. The third-order valence-electron chi connectivity index (χ3n) is 7.12. The zero-order valence-electron chi connectivity index (χ0n) is 26.7. The highest BCUT2D eigenvalue weighted by molar-refractivity contribution is 6.19. The maximum atomic E-state index is 13.3. The predicted molar refractivity (Wildman–Crippen MR) is 164 cm³/mol. The summed E-state index contributed by atoms with van der Waals surface area (Å²) in [4.78, 5) is 63.2. The molecule has 1 saturated heterocycles. The maximum absolute atomic E-state index is 13.3. The van der Waals surface area contributed by atoms with Gasteiger partial charge in [-0.1, -0.05) is 24.3 Å². The van der Waals surface area contributed by atoms with Crippen LogP contribution in [0.3, 0.4) is 0 Å². The summed E-state index contributed by atoms with van der Waals surface area (Å²) in [7, 11) is 0. The lowest BCUT2D eigenvalue weighted by Gasteiger charge is -2.44. The van der Waals surface area contributed by atoms with Crippen LogP contribution in [0.4, 0.5) is 10.5 Å². The monoisotopic (exact) mass is 663 g/mol. The van der Waals surface area contributed by atoms with Crippen molar-refractivity contribution in [1.29, 1.82) is 0 Å². The number of esters is 4. The SMILES string of the molecule is CC(=O)OCC1OC(Oc2cc3c(c4ccccc24)[C@H](CCl)CN3C(=O)OC(C)(C)C)C(OC(C)=O)C(OC(C)=O)C1OC(C)=O. The standard InChI is InChI=1S/C32H38ClNO12/c1-16(35)40-15-25-27(41-17(2)36)28(42-18(3)37)29(43-19(4)38)30(45-25)44-24-12-23-26(22-11-9-8-10-21(22)24)20(13-33)14-34(23)31(39)46-32(5,6)7/h8-12,20,25,27-30H,13-15H2,1-7H3/t20-,25?,27?,28?,29?,30?/m1/s1. The largest absolute Gasteiger partial charge is 0.463 e. The summed E-state index contributed by atoms with van der Waals surface area (Å²) in [6.07, 6.45) is -7.44. The number of carbonyl (C=O) groups is 5. The number of rotatable bonds is 8. The van der Waals surface area contributed by atoms with Crippen LogP contribution < -0.4 is 9.64 Å². The molecule has 2 aromatic carbocycles. The van der Waals surface area contributed by atoms with Crippen molar-refractivity contribution in [2.24, 2.45) is 0 Å². The fourth-order valence-electron chi connectivity index (χ4n) is 5.53. The molecule has 14 heteroatoms. The van der Waals surface area contributed by atoms with E-state index in [1.54, 1.807) is 39.0 Å². The molecule has 2 aliphatic rings. The number of fused-ring (bicyclic) bond motifs is 3. The minimum absolute atomic E-state index is 0.214. The number of carbonyl (C=O) groups excluding carboxylic acids is 5. The van der Waals surface area contributed by atoms with Gasteiger partial charge in [0.1, 0.15) is 24.1 Å². The fourth-order valence-corrected chi connectivity index (χ4v) is 5.79. The second-order valence-electron chi connectivity index (χ2n) is 12.0. The Morgan fingerprint density at radius 2 is 1.46 bits per heavy atom. The Bertz CT molecular complexity index is 1500. The zero-order chi connectivity index (χ0) is 33.9. The summed E-state index contributed by atoms with van der Waals surface area (Å²) in [6.45, 7) is 9.74. The van der Waals surface area contributed by atoms with Crippen LogP contribution in [-0.4, -0.2) is 85.3 Å². The van der Waals surface area contributed by atoms with Gasteiger partial charge in [0.2, 0.25) is 12.4 Å². The molecule has 13 nitrogen and oxygen atoms in total. The lowest BCUT2D eigenvalue weighted by atomic mass is 9.95. The molecule has 46 heavy (non-hydrogen) atoms. The lowest BCUT2D eigenvalue weighted by Crippen LogP contribution is -2.63. The van der Waals surface area contributed by atoms with E-state index >= 15 is 0 Å². The van der Waals surface area contributed by atoms with Crippen molar-refractivity contribution in [2.45, 2.75) is 90.7 Å². The molecular weight excluding hydrogens is 626 g/mol. The molecule has 6 atom stereocenters. The number of ether oxygens (including phenoxy) is 7. The smallest absolute Gasteiger partial charge is 0.414 e. The second-order valence-corrected chi connectivity index (χ2v) is 12.3. The van der Waals surface area contributed by atoms with Crippen molar-refractivity contribution < 1.29 is 57.1 Å². The molecule has 4 rings (SSSR count). The third-order valence-corrected chi connectivity index (χ3v) is 7.49. The van der Waals surface area contributed by atoms with Crippen LogP contribution in [0.2, 0.25) is 0 Å². The average molecular weight is 664 g/mol. The first-order chi connectivity index (χ1) is 21.6. The van der Waals surface area contributed by atoms with Crippen molar-refractivity contribution in [2.75, 3.05) is 23.9 Å². The Morgan fingerprint density at radius 3 is 2.02 bits per heavy atom. The lowest BCUT2D eigenvalue weighted by molar-refractivity contribution is -0.288. The zero-order valence-corrected chi connectivity index (χ0v) is 27.5. The van der Waals surface area contributed by atoms with Crippen LogP contribution in [-0.2, 0) is 47.6 Å². The Hall–Kier alpha value is -4.10. The molecule has 1 fully saturated rings. The highest BCUT2D eigenvalue weighted by Gasteiger charge is 2.53. The molecule has 0 N–H and O–H groups in total. The quantitative estimate of drug-likeness (QED) is 0.224. The van der Waals surface area contributed by atoms with Gasteiger partial charge in [-0.15, -0.1) is 11.6 Å². The topological polar surface area (TPSA) is 153 Å². The normalized spacial score (nSPS) is 24.0. The minimum atomic E-state index is -1.47. The van der Waals surface area contributed by atoms with E-state index in [2.05, 4.69) is 0 Å². The molecule has 5 unspecified atom stereocenters. The summed E-state index contributed by atoms with van der Waals surface area (Å²) in [6, 6.07) is 8.94. The highest BCUT2D eigenvalue weighted by atomic mass is 35.5. The van der Waals surface area contributed by atoms with Crippen LogP contribution >= 0.6 is 11.6 Å². The van der Waals surface area contributed by atoms with Crippen molar-refractivity contribution in [3.8, 4) is 5.75 Å². The van der Waals surface area contributed by atoms with Gasteiger partial charge in [0.25, 0.3) is 0 Å². The Balaban J connectivity index is 1.84. The maximum Gasteiger partial charge on any atom is 0.414 e. The van der Waals surface area contributed by atoms with Crippen LogP contribution in [0, 0.1) is 0 Å². The van der Waals surface area contributed by atoms with Gasteiger partial charge in [0.05, 0.1) is 5.69 Å². The summed E-state index contributed by atoms with van der Waals surface area (Å²) in [5.74, 6) is -2.69. The molecule has 0 saturated carbocycles. The highest BCUT2D eigenvalue weighted by Crippen LogP contribution is 2.46. The van der Waals surface area contributed by atoms with Gasteiger partial charge in [-0.3, -0.25) is 24.1 Å². The van der Waals surface area contributed by atoms with E-state index in [1.165, 1.54) is 11.8 Å². The predicted octanol–water partition coefficient (Wildman–Crippen LogP) is 4.38. The Kier molecular flexibility index (Phi) is 10.7. The van der Waals surface area contributed by atoms with E-state index in [4.69, 9.17) is 44.8 Å². The first-order valence-corrected chi connectivity index (χ1v) is 15.2. The Labute approximate surface area is 271 Å². The number of benzene rings is 2. The number of hydrogen-bond donors (Lipinski definition) is 0. The molecule has 0 spiro atoms. The molecule has 2 aromatic rings. The van der Waals surface area contributed by atoms with Gasteiger partial charge >= 0.3 is 30.0 Å². The number of anilines is 1. The van der Waals surface area contributed by atoms with E-state index in [9.17, 15) is 24.0 Å². The molecule has 2 aliphatic heterocycles. The molecule has 1 amide bonds. The molecule has 2 heterocycles. The van der Waals surface area contributed by atoms with E-state index in [0.29, 0.717) is 11.1 Å². The van der Waals surface area contributed by atoms with Gasteiger partial charge in [0.15, 0.2) is 12.2 Å². The molecule has 250 valence electrons. The van der Waals surface area contributed by atoms with Gasteiger partial charge in [-0.05, 0) is 31.7 Å². The number of amides is 1. The number of halogens is 1. The van der Waals surface area contributed by atoms with Crippen molar-refractivity contribution in [1.82, 2.24) is 0 Å². The summed E-state index contributed by atoms with van der Waals surface area (Å²) < 4.78 is 40.0. The average Bonchev–Trinajstić information content (AvgIpc) is 3.32. The minimum Gasteiger partial charge on any atom is -0.463 e. The Morgan fingerprint density at radius 1 is 0.870 bits per heavy atom. The number of nitrogens with zero attached hydrogens (tertiary/aromatic N) is 1. The van der Waals surface area contributed by atoms with Gasteiger partial charge in [-0.25, -0.2) is 4.79 Å². The summed E-state index contributed by atoms with van der Waals surface area (Å²) in [5, 5.41) is 1.37. The van der Waals surface area contributed by atoms with E-state index < -0.39 is 72.9 Å². The summed E-state index contributed by atoms with van der Waals surface area (Å²) in [5.41, 5.74) is 0.561. The van der Waals surface area contributed by atoms with E-state index in [-0.39, 0.29) is 24.1 Å². The molecule has 0 bridgehead atoms. The first-order valence-electron chi connectivity index (χ1n) is 14.7. The van der Waals surface area contributed by atoms with Gasteiger partial charge in [0, 0.05) is 57.5 Å². The van der Waals surface area contributed by atoms with E-state index in [0.717, 1.165) is 31.7 Å². The van der Waals surface area contributed by atoms with Crippen molar-refractivity contribution >= 4 is 58.0 Å². The molecule has 0 aromatic heterocycles. The first kappa shape index (κ1) is 34.8. The van der Waals surface area contributed by atoms with Crippen molar-refractivity contribution in [3.63, 3.8) is 0 Å². The van der Waals surface area contributed by atoms with Crippen LogP contribution in [0.15, 0.2) is 30.3 Å². The van der Waals surface area contributed by atoms with Gasteiger partial charge < -0.3 is 33.2 Å². The molecular formula is C32H38ClNO12. The van der Waals surface area contributed by atoms with E-state index in [1.807, 2.05) is 12.1 Å². The number of hydrogen-bond acceptors (Lipinski definition) is 12. The fraction of sp³-hybridized carbons (Fsp3) is 0.531. The van der Waals surface area contributed by atoms with Gasteiger partial charge in [-0.2, -0.15) is 0 Å². The molecule has 0 aliphatic carbocycles. The van der Waals surface area contributed by atoms with Crippen LogP contribution in [0.5, 0.6) is 5.75 Å². The van der Waals surface area contributed by atoms with Crippen molar-refractivity contribution in [3.05, 3.63) is 35.9 Å². The number of alkyl halides is 1. The van der Waals surface area contributed by atoms with Crippen LogP contribution in [0.25, 0.3) is 10.8 Å². The summed E-state index contributed by atoms with van der Waals surface area (Å²) >= 11 is 6.39. The second kappa shape index (κ2) is 14.1. The molecule has 0 radical (unpaired) electrons.